The lowest BCUT2D eigenvalue weighted by atomic mass is 9.95. The number of rotatable bonds is 9. The number of carbonyl (C=O) groups excluding carboxylic acids is 2. The first-order valence-corrected chi connectivity index (χ1v) is 13.5. The molecule has 2 heterocycles. The van der Waals surface area contributed by atoms with Gasteiger partial charge in [-0.15, -0.1) is 0 Å². The highest BCUT2D eigenvalue weighted by atomic mass is 32.1. The van der Waals surface area contributed by atoms with Crippen molar-refractivity contribution in [1.82, 2.24) is 4.98 Å². The summed E-state index contributed by atoms with van der Waals surface area (Å²) in [5.74, 6) is -0.999. The molecule has 3 aromatic carbocycles. The number of nitro groups is 1. The van der Waals surface area contributed by atoms with Gasteiger partial charge >= 0.3 is 5.91 Å². The number of aliphatic hydroxyl groups is 1. The Morgan fingerprint density at radius 1 is 1.05 bits per heavy atom. The Labute approximate surface area is 233 Å². The standard InChI is InChI=1S/C29H25N3O7S/c1-3-14-39-20-7-5-6-18(15-20)26(33)24-25(17-8-10-19(11-9-17)32(36)37)31(28(35)27(24)34)29-30-22-13-12-21(38-4-2)16-23(22)40-29/h5-13,15-16,25,33H,3-4,14H2,1-2H3. The molecule has 0 bridgehead atoms. The molecule has 1 aromatic heterocycles. The monoisotopic (exact) mass is 559 g/mol. The van der Waals surface area contributed by atoms with Gasteiger partial charge in [-0.05, 0) is 61.4 Å². The molecule has 4 aromatic rings. The molecule has 1 saturated heterocycles. The van der Waals surface area contributed by atoms with Gasteiger partial charge in [0.1, 0.15) is 17.3 Å². The van der Waals surface area contributed by atoms with Gasteiger partial charge in [0.2, 0.25) is 0 Å². The Kier molecular flexibility index (Phi) is 7.47. The molecule has 0 aliphatic carbocycles. The van der Waals surface area contributed by atoms with E-state index in [1.165, 1.54) is 40.5 Å². The maximum Gasteiger partial charge on any atom is 0.301 e. The van der Waals surface area contributed by atoms with E-state index in [1.807, 2.05) is 13.8 Å². The topological polar surface area (TPSA) is 132 Å². The molecule has 1 aliphatic rings. The highest BCUT2D eigenvalue weighted by Gasteiger charge is 2.48. The molecule has 0 radical (unpaired) electrons. The summed E-state index contributed by atoms with van der Waals surface area (Å²) in [5.41, 5.74) is 1.00. The van der Waals surface area contributed by atoms with Crippen molar-refractivity contribution in [1.29, 1.82) is 0 Å². The van der Waals surface area contributed by atoms with Gasteiger partial charge in [0.05, 0.1) is 40.0 Å². The third-order valence-electron chi connectivity index (χ3n) is 6.31. The number of non-ortho nitro benzene ring substituents is 1. The molecule has 1 fully saturated rings. The number of amides is 1. The van der Waals surface area contributed by atoms with Crippen LogP contribution >= 0.6 is 11.3 Å². The minimum atomic E-state index is -1.08. The van der Waals surface area contributed by atoms with Crippen LogP contribution in [0.4, 0.5) is 10.8 Å². The number of Topliss-reactive ketones (excluding diaryl/α,β-unsaturated/α-hetero) is 1. The number of thiazole rings is 1. The fourth-order valence-electron chi connectivity index (χ4n) is 4.48. The van der Waals surface area contributed by atoms with Crippen LogP contribution in [0.25, 0.3) is 16.0 Å². The normalized spacial score (nSPS) is 16.4. The SMILES string of the molecule is CCCOc1cccc(C(O)=C2C(=O)C(=O)N(c3nc4ccc(OCC)cc4s3)C2c2ccc([N+](=O)[O-])cc2)c1. The van der Waals surface area contributed by atoms with Gasteiger partial charge in [-0.3, -0.25) is 24.6 Å². The Morgan fingerprint density at radius 2 is 1.80 bits per heavy atom. The molecule has 5 rings (SSSR count). The summed E-state index contributed by atoms with van der Waals surface area (Å²) >= 11 is 1.20. The van der Waals surface area contributed by atoms with E-state index in [9.17, 15) is 24.8 Å². The summed E-state index contributed by atoms with van der Waals surface area (Å²) < 4.78 is 12.0. The number of aromatic nitrogens is 1. The fraction of sp³-hybridized carbons (Fsp3) is 0.207. The van der Waals surface area contributed by atoms with Crippen molar-refractivity contribution in [2.45, 2.75) is 26.3 Å². The van der Waals surface area contributed by atoms with Gasteiger partial charge in [-0.2, -0.15) is 0 Å². The van der Waals surface area contributed by atoms with E-state index in [-0.39, 0.29) is 22.2 Å². The first kappa shape index (κ1) is 26.8. The third-order valence-corrected chi connectivity index (χ3v) is 7.33. The summed E-state index contributed by atoms with van der Waals surface area (Å²) in [5, 5.41) is 22.9. The average molecular weight is 560 g/mol. The number of nitrogens with zero attached hydrogens (tertiary/aromatic N) is 3. The Morgan fingerprint density at radius 3 is 2.50 bits per heavy atom. The van der Waals surface area contributed by atoms with Gasteiger partial charge in [-0.1, -0.05) is 30.4 Å². The summed E-state index contributed by atoms with van der Waals surface area (Å²) in [4.78, 5) is 43.6. The summed E-state index contributed by atoms with van der Waals surface area (Å²) in [6.45, 7) is 4.80. The van der Waals surface area contributed by atoms with Gasteiger partial charge in [-0.25, -0.2) is 4.98 Å². The van der Waals surface area contributed by atoms with Crippen LogP contribution in [0.1, 0.15) is 37.4 Å². The molecule has 204 valence electrons. The van der Waals surface area contributed by atoms with E-state index < -0.39 is 22.7 Å². The number of ether oxygens (including phenoxy) is 2. The van der Waals surface area contributed by atoms with E-state index >= 15 is 0 Å². The second-order valence-electron chi connectivity index (χ2n) is 8.95. The summed E-state index contributed by atoms with van der Waals surface area (Å²) in [6, 6.07) is 16.4. The number of hydrogen-bond donors (Lipinski definition) is 1. The maximum absolute atomic E-state index is 13.5. The van der Waals surface area contributed by atoms with Crippen molar-refractivity contribution in [3.8, 4) is 11.5 Å². The van der Waals surface area contributed by atoms with Crippen molar-refractivity contribution in [2.24, 2.45) is 0 Å². The molecule has 1 atom stereocenters. The van der Waals surface area contributed by atoms with Gasteiger partial charge in [0.15, 0.2) is 5.13 Å². The van der Waals surface area contributed by atoms with E-state index in [2.05, 4.69) is 4.98 Å². The van der Waals surface area contributed by atoms with Gasteiger partial charge in [0, 0.05) is 17.7 Å². The molecule has 0 spiro atoms. The largest absolute Gasteiger partial charge is 0.507 e. The van der Waals surface area contributed by atoms with Crippen LogP contribution in [0, 0.1) is 10.1 Å². The molecule has 1 N–H and O–H groups in total. The minimum absolute atomic E-state index is 0.148. The van der Waals surface area contributed by atoms with Crippen LogP contribution in [-0.4, -0.2) is 39.9 Å². The second kappa shape index (κ2) is 11.1. The number of fused-ring (bicyclic) bond motifs is 1. The molecular weight excluding hydrogens is 534 g/mol. The zero-order valence-electron chi connectivity index (χ0n) is 21.7. The maximum atomic E-state index is 13.5. The van der Waals surface area contributed by atoms with Crippen LogP contribution < -0.4 is 14.4 Å². The first-order chi connectivity index (χ1) is 19.3. The van der Waals surface area contributed by atoms with Gasteiger partial charge in [0.25, 0.3) is 11.5 Å². The van der Waals surface area contributed by atoms with E-state index in [1.54, 1.807) is 42.5 Å². The van der Waals surface area contributed by atoms with Crippen LogP contribution in [0.2, 0.25) is 0 Å². The molecule has 1 amide bonds. The second-order valence-corrected chi connectivity index (χ2v) is 9.96. The van der Waals surface area contributed by atoms with Crippen LogP contribution in [-0.2, 0) is 9.59 Å². The van der Waals surface area contributed by atoms with Crippen LogP contribution in [0.5, 0.6) is 11.5 Å². The van der Waals surface area contributed by atoms with E-state index in [0.717, 1.165) is 11.1 Å². The molecule has 40 heavy (non-hydrogen) atoms. The average Bonchev–Trinajstić information content (AvgIpc) is 3.49. The number of anilines is 1. The van der Waals surface area contributed by atoms with Crippen molar-refractivity contribution >= 4 is 49.8 Å². The number of ketones is 1. The van der Waals surface area contributed by atoms with E-state index in [4.69, 9.17) is 9.47 Å². The Hall–Kier alpha value is -4.77. The summed E-state index contributed by atoms with van der Waals surface area (Å²) in [6.07, 6.45) is 0.787. The predicted octanol–water partition coefficient (Wildman–Crippen LogP) is 6.02. The quantitative estimate of drug-likeness (QED) is 0.0866. The van der Waals surface area contributed by atoms with Crippen molar-refractivity contribution in [3.05, 3.63) is 93.5 Å². The number of benzene rings is 3. The molecular formula is C29H25N3O7S. The fourth-order valence-corrected chi connectivity index (χ4v) is 5.51. The van der Waals surface area contributed by atoms with Crippen LogP contribution in [0.3, 0.4) is 0 Å². The molecule has 1 aliphatic heterocycles. The van der Waals surface area contributed by atoms with Crippen molar-refractivity contribution in [3.63, 3.8) is 0 Å². The zero-order chi connectivity index (χ0) is 28.4. The first-order valence-electron chi connectivity index (χ1n) is 12.6. The minimum Gasteiger partial charge on any atom is -0.507 e. The highest BCUT2D eigenvalue weighted by molar-refractivity contribution is 7.22. The third kappa shape index (κ3) is 4.98. The number of nitro benzene ring substituents is 1. The zero-order valence-corrected chi connectivity index (χ0v) is 22.5. The molecule has 10 nitrogen and oxygen atoms in total. The molecule has 11 heteroatoms. The van der Waals surface area contributed by atoms with Crippen molar-refractivity contribution in [2.75, 3.05) is 18.1 Å². The lowest BCUT2D eigenvalue weighted by Crippen LogP contribution is -2.29. The van der Waals surface area contributed by atoms with Crippen molar-refractivity contribution < 1.29 is 29.1 Å². The molecule has 1 unspecified atom stereocenters. The van der Waals surface area contributed by atoms with Gasteiger partial charge < -0.3 is 14.6 Å². The number of carbonyl (C=O) groups is 2. The number of aliphatic hydroxyl groups excluding tert-OH is 1. The highest BCUT2D eigenvalue weighted by Crippen LogP contribution is 2.45. The lowest BCUT2D eigenvalue weighted by Gasteiger charge is -2.23. The Bertz CT molecular complexity index is 1650. The molecule has 0 saturated carbocycles. The smallest absolute Gasteiger partial charge is 0.301 e. The lowest BCUT2D eigenvalue weighted by molar-refractivity contribution is -0.384. The number of hydrogen-bond acceptors (Lipinski definition) is 9. The van der Waals surface area contributed by atoms with E-state index in [0.29, 0.717) is 41.4 Å². The van der Waals surface area contributed by atoms with Crippen LogP contribution in [0.15, 0.2) is 72.3 Å². The predicted molar refractivity (Wildman–Crippen MR) is 151 cm³/mol. The summed E-state index contributed by atoms with van der Waals surface area (Å²) in [7, 11) is 0. The Balaban J connectivity index is 1.66.